The third kappa shape index (κ3) is 2.95. The Morgan fingerprint density at radius 1 is 1.23 bits per heavy atom. The van der Waals surface area contributed by atoms with E-state index < -0.39 is 8.32 Å². The second-order valence-corrected chi connectivity index (χ2v) is 9.42. The van der Waals surface area contributed by atoms with Gasteiger partial charge in [-0.3, -0.25) is 0 Å². The van der Waals surface area contributed by atoms with Gasteiger partial charge in [0.05, 0.1) is 0 Å². The zero-order chi connectivity index (χ0) is 10.5. The first kappa shape index (κ1) is 12.9. The Morgan fingerprint density at radius 2 is 1.69 bits per heavy atom. The van der Waals surface area contributed by atoms with Crippen molar-refractivity contribution in [2.45, 2.75) is 51.2 Å². The normalized spacial score (nSPS) is 12.5. The molecular formula is C11H24OSi. The molecule has 0 heterocycles. The molecule has 0 rings (SSSR count). The molecule has 0 unspecified atom stereocenters. The third-order valence-corrected chi connectivity index (χ3v) is 8.81. The van der Waals surface area contributed by atoms with Crippen LogP contribution in [0.2, 0.25) is 17.1 Å². The third-order valence-electron chi connectivity index (χ3n) is 3.07. The summed E-state index contributed by atoms with van der Waals surface area (Å²) in [5, 5.41) is 0. The molecule has 0 aliphatic carbocycles. The summed E-state index contributed by atoms with van der Waals surface area (Å²) in [6.07, 6.45) is 3.10. The van der Waals surface area contributed by atoms with E-state index >= 15 is 0 Å². The van der Waals surface area contributed by atoms with Gasteiger partial charge in [-0.05, 0) is 23.5 Å². The van der Waals surface area contributed by atoms with Crippen molar-refractivity contribution in [2.24, 2.45) is 0 Å². The van der Waals surface area contributed by atoms with Crippen molar-refractivity contribution >= 4 is 8.32 Å². The first-order valence-electron chi connectivity index (χ1n) is 5.17. The average Bonchev–Trinajstić information content (AvgIpc) is 2.05. The van der Waals surface area contributed by atoms with Crippen LogP contribution >= 0.6 is 0 Å². The number of rotatable bonds is 6. The lowest BCUT2D eigenvalue weighted by molar-refractivity contribution is 0.370. The van der Waals surface area contributed by atoms with Gasteiger partial charge in [0, 0.05) is 7.11 Å². The maximum atomic E-state index is 5.85. The summed E-state index contributed by atoms with van der Waals surface area (Å²) in [7, 11) is 0.368. The van der Waals surface area contributed by atoms with E-state index in [1.165, 1.54) is 6.04 Å². The number of hydrogen-bond acceptors (Lipinski definition) is 1. The summed E-state index contributed by atoms with van der Waals surface area (Å²) in [5.74, 6) is 0. The summed E-state index contributed by atoms with van der Waals surface area (Å²) < 4.78 is 5.85. The Morgan fingerprint density at radius 3 is 1.92 bits per heavy atom. The summed E-state index contributed by atoms with van der Waals surface area (Å²) in [5.41, 5.74) is 1.38. The molecule has 0 saturated heterocycles. The van der Waals surface area contributed by atoms with Crippen LogP contribution in [0.4, 0.5) is 0 Å². The van der Waals surface area contributed by atoms with Gasteiger partial charge in [0.1, 0.15) is 0 Å². The first-order chi connectivity index (χ1) is 6.01. The minimum absolute atomic E-state index is 0.692. The quantitative estimate of drug-likeness (QED) is 0.465. The molecule has 0 amide bonds. The lowest BCUT2D eigenvalue weighted by Crippen LogP contribution is -2.43. The van der Waals surface area contributed by atoms with E-state index in [1.54, 1.807) is 0 Å². The minimum Gasteiger partial charge on any atom is -0.419 e. The fourth-order valence-electron chi connectivity index (χ4n) is 2.15. The second-order valence-electron chi connectivity index (χ2n) is 4.30. The molecule has 0 aromatic carbocycles. The van der Waals surface area contributed by atoms with E-state index in [9.17, 15) is 0 Å². The van der Waals surface area contributed by atoms with E-state index in [-0.39, 0.29) is 0 Å². The van der Waals surface area contributed by atoms with Crippen LogP contribution in [-0.2, 0) is 4.43 Å². The smallest absolute Gasteiger partial charge is 0.197 e. The highest BCUT2D eigenvalue weighted by molar-refractivity contribution is 6.76. The molecule has 0 radical (unpaired) electrons. The molecule has 0 aliphatic heterocycles. The van der Waals surface area contributed by atoms with Gasteiger partial charge >= 0.3 is 0 Å². The minimum atomic E-state index is -1.52. The standard InChI is InChI=1S/C11H24OSi/c1-7-8-9-13(12-6,10(2)3)11(4)5/h7,10-11H,1,8-9H2,2-6H3. The highest BCUT2D eigenvalue weighted by Gasteiger charge is 2.39. The van der Waals surface area contributed by atoms with Gasteiger partial charge in [-0.25, -0.2) is 0 Å². The fourth-order valence-corrected chi connectivity index (χ4v) is 6.44. The van der Waals surface area contributed by atoms with Crippen molar-refractivity contribution in [3.8, 4) is 0 Å². The predicted molar refractivity (Wildman–Crippen MR) is 62.6 cm³/mol. The van der Waals surface area contributed by atoms with Gasteiger partial charge in [0.15, 0.2) is 8.32 Å². The van der Waals surface area contributed by atoms with Crippen LogP contribution < -0.4 is 0 Å². The molecule has 0 atom stereocenters. The molecule has 13 heavy (non-hydrogen) atoms. The number of allylic oxidation sites excluding steroid dienone is 1. The van der Waals surface area contributed by atoms with Crippen molar-refractivity contribution in [1.82, 2.24) is 0 Å². The molecule has 0 N–H and O–H groups in total. The van der Waals surface area contributed by atoms with Crippen LogP contribution in [0, 0.1) is 0 Å². The van der Waals surface area contributed by atoms with Gasteiger partial charge in [0.25, 0.3) is 0 Å². The molecular weight excluding hydrogens is 176 g/mol. The Labute approximate surface area is 84.3 Å². The van der Waals surface area contributed by atoms with Crippen LogP contribution in [0.1, 0.15) is 34.1 Å². The van der Waals surface area contributed by atoms with Gasteiger partial charge in [-0.15, -0.1) is 6.58 Å². The molecule has 0 bridgehead atoms. The predicted octanol–water partition coefficient (Wildman–Crippen LogP) is 3.97. The van der Waals surface area contributed by atoms with Crippen molar-refractivity contribution in [3.05, 3.63) is 12.7 Å². The molecule has 0 spiro atoms. The molecule has 78 valence electrons. The Hall–Kier alpha value is -0.0831. The van der Waals surface area contributed by atoms with Crippen molar-refractivity contribution in [2.75, 3.05) is 7.11 Å². The zero-order valence-electron chi connectivity index (χ0n) is 9.76. The average molecular weight is 200 g/mol. The van der Waals surface area contributed by atoms with Crippen molar-refractivity contribution < 1.29 is 4.43 Å². The lowest BCUT2D eigenvalue weighted by atomic mass is 10.5. The maximum absolute atomic E-state index is 5.85. The molecule has 0 fully saturated rings. The molecule has 0 saturated carbocycles. The summed E-state index contributed by atoms with van der Waals surface area (Å²) >= 11 is 0. The van der Waals surface area contributed by atoms with Crippen LogP contribution in [0.25, 0.3) is 0 Å². The largest absolute Gasteiger partial charge is 0.419 e. The topological polar surface area (TPSA) is 9.23 Å². The van der Waals surface area contributed by atoms with Crippen molar-refractivity contribution in [1.29, 1.82) is 0 Å². The maximum Gasteiger partial charge on any atom is 0.197 e. The van der Waals surface area contributed by atoms with Crippen LogP contribution in [-0.4, -0.2) is 15.4 Å². The van der Waals surface area contributed by atoms with Gasteiger partial charge in [0.2, 0.25) is 0 Å². The molecule has 0 aromatic rings. The Bertz CT molecular complexity index is 144. The van der Waals surface area contributed by atoms with E-state index in [1.807, 2.05) is 13.2 Å². The summed E-state index contributed by atoms with van der Waals surface area (Å²) in [4.78, 5) is 0. The van der Waals surface area contributed by atoms with Crippen LogP contribution in [0.5, 0.6) is 0 Å². The van der Waals surface area contributed by atoms with Gasteiger partial charge < -0.3 is 4.43 Å². The van der Waals surface area contributed by atoms with Crippen molar-refractivity contribution in [3.63, 3.8) is 0 Å². The van der Waals surface area contributed by atoms with E-state index in [0.29, 0.717) is 11.1 Å². The van der Waals surface area contributed by atoms with Crippen LogP contribution in [0.3, 0.4) is 0 Å². The molecule has 0 aromatic heterocycles. The van der Waals surface area contributed by atoms with E-state index in [4.69, 9.17) is 4.43 Å². The summed E-state index contributed by atoms with van der Waals surface area (Å²) in [6, 6.07) is 1.21. The monoisotopic (exact) mass is 200 g/mol. The zero-order valence-corrected chi connectivity index (χ0v) is 10.8. The number of hydrogen-bond donors (Lipinski definition) is 0. The highest BCUT2D eigenvalue weighted by Crippen LogP contribution is 2.37. The molecule has 1 nitrogen and oxygen atoms in total. The summed E-state index contributed by atoms with van der Waals surface area (Å²) in [6.45, 7) is 12.9. The Kier molecular flexibility index (Phi) is 5.57. The second kappa shape index (κ2) is 5.61. The fraction of sp³-hybridized carbons (Fsp3) is 0.818. The molecule has 0 aliphatic rings. The van der Waals surface area contributed by atoms with Crippen LogP contribution in [0.15, 0.2) is 12.7 Å². The van der Waals surface area contributed by atoms with Gasteiger partial charge in [-0.2, -0.15) is 0 Å². The Balaban J connectivity index is 4.54. The highest BCUT2D eigenvalue weighted by atomic mass is 28.4. The van der Waals surface area contributed by atoms with E-state index in [2.05, 4.69) is 34.3 Å². The first-order valence-corrected chi connectivity index (χ1v) is 7.44. The SMILES string of the molecule is C=CCC[Si](OC)(C(C)C)C(C)C. The van der Waals surface area contributed by atoms with Gasteiger partial charge in [-0.1, -0.05) is 33.8 Å². The van der Waals surface area contributed by atoms with E-state index in [0.717, 1.165) is 6.42 Å². The lowest BCUT2D eigenvalue weighted by Gasteiger charge is -2.37. The molecule has 2 heteroatoms.